The number of benzene rings is 1. The molecule has 0 bridgehead atoms. The van der Waals surface area contributed by atoms with Crippen molar-refractivity contribution in [3.63, 3.8) is 0 Å². The lowest BCUT2D eigenvalue weighted by atomic mass is 10.3. The normalized spacial score (nSPS) is 10.4. The van der Waals surface area contributed by atoms with Gasteiger partial charge in [0.1, 0.15) is 5.75 Å². The van der Waals surface area contributed by atoms with Gasteiger partial charge in [-0.25, -0.2) is 0 Å². The Morgan fingerprint density at radius 2 is 1.68 bits per heavy atom. The van der Waals surface area contributed by atoms with Crippen molar-refractivity contribution in [1.82, 2.24) is 5.32 Å². The topological polar surface area (TPSA) is 71.9 Å². The third-order valence-electron chi connectivity index (χ3n) is 3.39. The Hall–Kier alpha value is -2.08. The number of hydrogen-bond donors (Lipinski definition) is 3. The van der Waals surface area contributed by atoms with Crippen LogP contribution in [0.5, 0.6) is 5.75 Å². The molecule has 0 radical (unpaired) electrons. The first-order chi connectivity index (χ1) is 10.6. The summed E-state index contributed by atoms with van der Waals surface area (Å²) in [5, 5.41) is 5.20. The van der Waals surface area contributed by atoms with Gasteiger partial charge in [0.2, 0.25) is 0 Å². The minimum Gasteiger partial charge on any atom is -0.494 e. The predicted molar refractivity (Wildman–Crippen MR) is 86.2 cm³/mol. The third-order valence-corrected chi connectivity index (χ3v) is 3.39. The Balaban J connectivity index is 2.38. The summed E-state index contributed by atoms with van der Waals surface area (Å²) in [5.74, 6) is -0.536. The fraction of sp³-hybridized carbons (Fsp3) is 0.500. The largest absolute Gasteiger partial charge is 0.494 e. The summed E-state index contributed by atoms with van der Waals surface area (Å²) in [4.78, 5) is 24.9. The van der Waals surface area contributed by atoms with Crippen molar-refractivity contribution in [3.05, 3.63) is 24.3 Å². The average molecular weight is 308 g/mol. The number of hydrogen-bond acceptors (Lipinski definition) is 3. The van der Waals surface area contributed by atoms with E-state index >= 15 is 0 Å². The molecule has 6 heteroatoms. The van der Waals surface area contributed by atoms with Crippen LogP contribution in [0, 0.1) is 0 Å². The molecule has 2 amide bonds. The molecule has 0 saturated carbocycles. The summed E-state index contributed by atoms with van der Waals surface area (Å²) in [6, 6.07) is 6.91. The predicted octanol–water partition coefficient (Wildman–Crippen LogP) is 0.0647. The lowest BCUT2D eigenvalue weighted by Crippen LogP contribution is -3.12. The van der Waals surface area contributed by atoms with Gasteiger partial charge in [-0.15, -0.1) is 0 Å². The van der Waals surface area contributed by atoms with Crippen molar-refractivity contribution in [1.29, 1.82) is 0 Å². The van der Waals surface area contributed by atoms with Crippen molar-refractivity contribution in [3.8, 4) is 5.75 Å². The first-order valence-electron chi connectivity index (χ1n) is 7.76. The molecular weight excluding hydrogens is 282 g/mol. The average Bonchev–Trinajstić information content (AvgIpc) is 2.53. The molecule has 0 atom stereocenters. The van der Waals surface area contributed by atoms with Crippen LogP contribution in [0.15, 0.2) is 24.3 Å². The second-order valence-corrected chi connectivity index (χ2v) is 4.87. The number of anilines is 1. The van der Waals surface area contributed by atoms with E-state index in [-0.39, 0.29) is 0 Å². The fourth-order valence-corrected chi connectivity index (χ4v) is 2.03. The summed E-state index contributed by atoms with van der Waals surface area (Å²) in [5.41, 5.74) is 0.568. The van der Waals surface area contributed by atoms with Gasteiger partial charge in [0, 0.05) is 5.69 Å². The van der Waals surface area contributed by atoms with Crippen LogP contribution < -0.4 is 20.3 Å². The van der Waals surface area contributed by atoms with Gasteiger partial charge >= 0.3 is 11.8 Å². The summed E-state index contributed by atoms with van der Waals surface area (Å²) in [6.45, 7) is 10.00. The summed E-state index contributed by atoms with van der Waals surface area (Å²) >= 11 is 0. The van der Waals surface area contributed by atoms with Gasteiger partial charge in [0.05, 0.1) is 32.8 Å². The molecule has 6 nitrogen and oxygen atoms in total. The second-order valence-electron chi connectivity index (χ2n) is 4.87. The van der Waals surface area contributed by atoms with E-state index in [1.165, 1.54) is 4.90 Å². The first-order valence-corrected chi connectivity index (χ1v) is 7.76. The van der Waals surface area contributed by atoms with E-state index in [0.717, 1.165) is 25.4 Å². The molecule has 0 heterocycles. The zero-order valence-corrected chi connectivity index (χ0v) is 13.6. The van der Waals surface area contributed by atoms with Crippen LogP contribution in [-0.2, 0) is 9.59 Å². The van der Waals surface area contributed by atoms with Crippen molar-refractivity contribution in [2.45, 2.75) is 20.8 Å². The highest BCUT2D eigenvalue weighted by atomic mass is 16.5. The number of amides is 2. The molecule has 22 heavy (non-hydrogen) atoms. The maximum atomic E-state index is 11.8. The van der Waals surface area contributed by atoms with Gasteiger partial charge in [0.15, 0.2) is 0 Å². The molecule has 1 aromatic rings. The second kappa shape index (κ2) is 9.78. The molecule has 0 aliphatic rings. The summed E-state index contributed by atoms with van der Waals surface area (Å²) < 4.78 is 5.32. The number of carbonyl (C=O) groups is 2. The highest BCUT2D eigenvalue weighted by Gasteiger charge is 2.14. The summed E-state index contributed by atoms with van der Waals surface area (Å²) in [7, 11) is 0. The van der Waals surface area contributed by atoms with E-state index in [9.17, 15) is 9.59 Å². The standard InChI is InChI=1S/C16H25N3O3/c1-4-19(5-2)12-11-17-15(20)16(21)18-13-7-9-14(10-8-13)22-6-3/h7-10H,4-6,11-12H2,1-3H3,(H,17,20)(H,18,21)/p+1. The SMILES string of the molecule is CCOc1ccc(NC(=O)C(=O)NCC[NH+](CC)CC)cc1. The van der Waals surface area contributed by atoms with Gasteiger partial charge in [-0.3, -0.25) is 9.59 Å². The van der Waals surface area contributed by atoms with Crippen LogP contribution in [0.1, 0.15) is 20.8 Å². The molecule has 0 saturated heterocycles. The Morgan fingerprint density at radius 1 is 1.05 bits per heavy atom. The maximum Gasteiger partial charge on any atom is 0.313 e. The van der Waals surface area contributed by atoms with Crippen molar-refractivity contribution in [2.24, 2.45) is 0 Å². The fourth-order valence-electron chi connectivity index (χ4n) is 2.03. The molecule has 3 N–H and O–H groups in total. The van der Waals surface area contributed by atoms with Gasteiger partial charge < -0.3 is 20.3 Å². The highest BCUT2D eigenvalue weighted by Crippen LogP contribution is 2.15. The lowest BCUT2D eigenvalue weighted by molar-refractivity contribution is -0.895. The molecule has 0 fully saturated rings. The number of carbonyl (C=O) groups excluding carboxylic acids is 2. The van der Waals surface area contributed by atoms with Gasteiger partial charge in [-0.2, -0.15) is 0 Å². The zero-order chi connectivity index (χ0) is 16.4. The van der Waals surface area contributed by atoms with Crippen LogP contribution in [0.4, 0.5) is 5.69 Å². The summed E-state index contributed by atoms with van der Waals surface area (Å²) in [6.07, 6.45) is 0. The van der Waals surface area contributed by atoms with Crippen LogP contribution in [0.25, 0.3) is 0 Å². The van der Waals surface area contributed by atoms with Gasteiger partial charge in [-0.05, 0) is 45.0 Å². The van der Waals surface area contributed by atoms with E-state index in [1.54, 1.807) is 24.3 Å². The van der Waals surface area contributed by atoms with E-state index in [1.807, 2.05) is 6.92 Å². The lowest BCUT2D eigenvalue weighted by Gasteiger charge is -2.15. The van der Waals surface area contributed by atoms with Crippen molar-refractivity contribution < 1.29 is 19.2 Å². The molecule has 0 spiro atoms. The monoisotopic (exact) mass is 308 g/mol. The molecule has 0 aliphatic heterocycles. The first kappa shape index (κ1) is 18.0. The minimum atomic E-state index is -0.654. The molecular formula is C16H26N3O3+. The van der Waals surface area contributed by atoms with Gasteiger partial charge in [0.25, 0.3) is 0 Å². The molecule has 1 aromatic carbocycles. The van der Waals surface area contributed by atoms with Crippen LogP contribution in [0.3, 0.4) is 0 Å². The molecule has 1 rings (SSSR count). The van der Waals surface area contributed by atoms with Crippen molar-refractivity contribution >= 4 is 17.5 Å². The molecule has 0 aliphatic carbocycles. The Kier molecular flexibility index (Phi) is 7.99. The maximum absolute atomic E-state index is 11.8. The molecule has 0 unspecified atom stereocenters. The van der Waals surface area contributed by atoms with E-state index in [4.69, 9.17) is 4.74 Å². The Morgan fingerprint density at radius 3 is 2.23 bits per heavy atom. The van der Waals surface area contributed by atoms with Crippen LogP contribution in [0.2, 0.25) is 0 Å². The van der Waals surface area contributed by atoms with E-state index in [0.29, 0.717) is 18.8 Å². The van der Waals surface area contributed by atoms with Crippen molar-refractivity contribution in [2.75, 3.05) is 38.1 Å². The highest BCUT2D eigenvalue weighted by molar-refractivity contribution is 6.39. The minimum absolute atomic E-state index is 0.493. The third kappa shape index (κ3) is 6.13. The van der Waals surface area contributed by atoms with Gasteiger partial charge in [-0.1, -0.05) is 0 Å². The molecule has 0 aromatic heterocycles. The van der Waals surface area contributed by atoms with E-state index in [2.05, 4.69) is 24.5 Å². The number of likely N-dealkylation sites (N-methyl/N-ethyl adjacent to an activating group) is 1. The zero-order valence-electron chi connectivity index (χ0n) is 13.6. The quantitative estimate of drug-likeness (QED) is 0.595. The Labute approximate surface area is 131 Å². The smallest absolute Gasteiger partial charge is 0.313 e. The number of ether oxygens (including phenoxy) is 1. The van der Waals surface area contributed by atoms with Crippen LogP contribution >= 0.6 is 0 Å². The Bertz CT molecular complexity index is 470. The molecule has 122 valence electrons. The van der Waals surface area contributed by atoms with Crippen LogP contribution in [-0.4, -0.2) is 44.6 Å². The van der Waals surface area contributed by atoms with E-state index < -0.39 is 11.8 Å². The number of rotatable bonds is 8. The number of nitrogens with one attached hydrogen (secondary N) is 3. The number of quaternary nitrogens is 1.